The van der Waals surface area contributed by atoms with Gasteiger partial charge in [-0.3, -0.25) is 0 Å². The van der Waals surface area contributed by atoms with Crippen LogP contribution in [-0.4, -0.2) is 22.8 Å². The number of hydrogen-bond acceptors (Lipinski definition) is 4. The van der Waals surface area contributed by atoms with Gasteiger partial charge >= 0.3 is 5.97 Å². The summed E-state index contributed by atoms with van der Waals surface area (Å²) in [5.41, 5.74) is 0.687. The number of aromatic hydroxyl groups is 2. The average Bonchev–Trinajstić information content (AvgIpc) is 2.54. The van der Waals surface area contributed by atoms with Gasteiger partial charge in [-0.05, 0) is 42.7 Å². The Hall–Kier alpha value is -2.23. The Balaban J connectivity index is 2.34. The molecule has 26 heavy (non-hydrogen) atoms. The summed E-state index contributed by atoms with van der Waals surface area (Å²) < 4.78 is 5.19. The molecule has 0 bridgehead atoms. The first kappa shape index (κ1) is 21.8. The molecule has 0 heterocycles. The summed E-state index contributed by atoms with van der Waals surface area (Å²) in [7, 11) is 0. The molecule has 0 aliphatic carbocycles. The molecule has 0 fully saturated rings. The van der Waals surface area contributed by atoms with E-state index in [1.807, 2.05) is 13.0 Å². The Kier molecular flexibility index (Phi) is 8.97. The summed E-state index contributed by atoms with van der Waals surface area (Å²) in [4.78, 5) is 11.5. The molecule has 4 nitrogen and oxygen atoms in total. The van der Waals surface area contributed by atoms with Gasteiger partial charge in [-0.15, -0.1) is 0 Å². The van der Waals surface area contributed by atoms with E-state index >= 15 is 0 Å². The molecule has 1 atom stereocenters. The fourth-order valence-electron chi connectivity index (χ4n) is 2.92. The Morgan fingerprint density at radius 1 is 1.23 bits per heavy atom. The van der Waals surface area contributed by atoms with E-state index in [-0.39, 0.29) is 22.9 Å². The minimum Gasteiger partial charge on any atom is -0.508 e. The van der Waals surface area contributed by atoms with Crippen molar-refractivity contribution in [2.75, 3.05) is 6.61 Å². The third-order valence-corrected chi connectivity index (χ3v) is 4.60. The predicted molar refractivity (Wildman–Crippen MR) is 105 cm³/mol. The standard InChI is InChI=1S/C22H32O4/c1-5-6-7-10-21(25)26-15-13-17(2)9-8-14-22(3,4)19-12-11-18(23)16-20(19)24/h5-7,10-12,16-17,23-24H,8-9,13-15H2,1-4H3/b6-5+,10-7+. The molecule has 0 radical (unpaired) electrons. The number of ether oxygens (including phenoxy) is 1. The first-order chi connectivity index (χ1) is 12.3. The number of esters is 1. The Bertz CT molecular complexity index is 629. The third-order valence-electron chi connectivity index (χ3n) is 4.60. The van der Waals surface area contributed by atoms with E-state index in [4.69, 9.17) is 4.74 Å². The molecule has 0 saturated carbocycles. The second-order valence-electron chi connectivity index (χ2n) is 7.42. The summed E-state index contributed by atoms with van der Waals surface area (Å²) in [5.74, 6) is 0.373. The number of phenolic OH excluding ortho intramolecular Hbond substituents is 2. The van der Waals surface area contributed by atoms with Crippen molar-refractivity contribution < 1.29 is 19.7 Å². The highest BCUT2D eigenvalue weighted by Crippen LogP contribution is 2.37. The van der Waals surface area contributed by atoms with Crippen molar-refractivity contribution in [1.29, 1.82) is 0 Å². The van der Waals surface area contributed by atoms with Crippen molar-refractivity contribution in [3.63, 3.8) is 0 Å². The molecule has 144 valence electrons. The molecule has 1 unspecified atom stereocenters. The number of carbonyl (C=O) groups excluding carboxylic acids is 1. The highest BCUT2D eigenvalue weighted by atomic mass is 16.5. The zero-order chi connectivity index (χ0) is 19.6. The Morgan fingerprint density at radius 3 is 2.62 bits per heavy atom. The summed E-state index contributed by atoms with van der Waals surface area (Å²) in [5, 5.41) is 19.5. The second kappa shape index (κ2) is 10.7. The minimum absolute atomic E-state index is 0.0748. The van der Waals surface area contributed by atoms with Crippen molar-refractivity contribution >= 4 is 5.97 Å². The lowest BCUT2D eigenvalue weighted by atomic mass is 9.79. The molecule has 0 aliphatic heterocycles. The van der Waals surface area contributed by atoms with Crippen molar-refractivity contribution in [3.8, 4) is 11.5 Å². The molecule has 1 aromatic carbocycles. The number of allylic oxidation sites excluding steroid dienone is 3. The Labute approximate surface area is 157 Å². The van der Waals surface area contributed by atoms with E-state index in [0.29, 0.717) is 12.5 Å². The van der Waals surface area contributed by atoms with Crippen LogP contribution in [0.15, 0.2) is 42.5 Å². The fraction of sp³-hybridized carbons (Fsp3) is 0.500. The smallest absolute Gasteiger partial charge is 0.330 e. The maximum atomic E-state index is 11.5. The molecule has 0 aromatic heterocycles. The fourth-order valence-corrected chi connectivity index (χ4v) is 2.92. The molecule has 0 saturated heterocycles. The Morgan fingerprint density at radius 2 is 1.96 bits per heavy atom. The van der Waals surface area contributed by atoms with Crippen LogP contribution >= 0.6 is 0 Å². The van der Waals surface area contributed by atoms with Crippen LogP contribution in [0.2, 0.25) is 0 Å². The molecule has 2 N–H and O–H groups in total. The molecule has 0 amide bonds. The van der Waals surface area contributed by atoms with Crippen LogP contribution in [0, 0.1) is 5.92 Å². The van der Waals surface area contributed by atoms with Gasteiger partial charge in [0.1, 0.15) is 11.5 Å². The largest absolute Gasteiger partial charge is 0.508 e. The third kappa shape index (κ3) is 7.77. The van der Waals surface area contributed by atoms with Gasteiger partial charge in [0.05, 0.1) is 6.61 Å². The molecular weight excluding hydrogens is 328 g/mol. The van der Waals surface area contributed by atoms with Crippen molar-refractivity contribution in [2.24, 2.45) is 5.92 Å². The van der Waals surface area contributed by atoms with Gasteiger partial charge in [-0.1, -0.05) is 57.9 Å². The summed E-state index contributed by atoms with van der Waals surface area (Å²) >= 11 is 0. The lowest BCUT2D eigenvalue weighted by molar-refractivity contribution is -0.138. The summed E-state index contributed by atoms with van der Waals surface area (Å²) in [6, 6.07) is 4.78. The maximum Gasteiger partial charge on any atom is 0.330 e. The SMILES string of the molecule is C/C=C/C=C/C(=O)OCCC(C)CCCC(C)(C)c1ccc(O)cc1O. The van der Waals surface area contributed by atoms with Crippen molar-refractivity contribution in [2.45, 2.75) is 58.8 Å². The van der Waals surface area contributed by atoms with E-state index < -0.39 is 0 Å². The maximum absolute atomic E-state index is 11.5. The van der Waals surface area contributed by atoms with Crippen molar-refractivity contribution in [1.82, 2.24) is 0 Å². The van der Waals surface area contributed by atoms with Gasteiger partial charge in [0.25, 0.3) is 0 Å². The van der Waals surface area contributed by atoms with Crippen LogP contribution in [0.4, 0.5) is 0 Å². The number of hydrogen-bond donors (Lipinski definition) is 2. The van der Waals surface area contributed by atoms with Crippen LogP contribution in [0.1, 0.15) is 58.9 Å². The lowest BCUT2D eigenvalue weighted by Crippen LogP contribution is -2.17. The van der Waals surface area contributed by atoms with E-state index in [1.165, 1.54) is 12.1 Å². The van der Waals surface area contributed by atoms with Crippen molar-refractivity contribution in [3.05, 3.63) is 48.1 Å². The number of phenols is 2. The molecule has 4 heteroatoms. The first-order valence-corrected chi connectivity index (χ1v) is 9.25. The van der Waals surface area contributed by atoms with Crippen LogP contribution in [0.5, 0.6) is 11.5 Å². The quantitative estimate of drug-likeness (QED) is 0.340. The summed E-state index contributed by atoms with van der Waals surface area (Å²) in [6.45, 7) is 8.68. The van der Waals surface area contributed by atoms with E-state index in [0.717, 1.165) is 31.2 Å². The van der Waals surface area contributed by atoms with E-state index in [1.54, 1.807) is 24.3 Å². The molecule has 0 spiro atoms. The molecular formula is C22H32O4. The van der Waals surface area contributed by atoms with Gasteiger partial charge in [0.2, 0.25) is 0 Å². The van der Waals surface area contributed by atoms with Crippen LogP contribution < -0.4 is 0 Å². The molecule has 1 rings (SSSR count). The average molecular weight is 360 g/mol. The van der Waals surface area contributed by atoms with Gasteiger partial charge in [-0.2, -0.15) is 0 Å². The number of rotatable bonds is 10. The highest BCUT2D eigenvalue weighted by molar-refractivity contribution is 5.82. The lowest BCUT2D eigenvalue weighted by Gasteiger charge is -2.27. The van der Waals surface area contributed by atoms with E-state index in [2.05, 4.69) is 20.8 Å². The van der Waals surface area contributed by atoms with Crippen LogP contribution in [0.25, 0.3) is 0 Å². The topological polar surface area (TPSA) is 66.8 Å². The minimum atomic E-state index is -0.306. The number of carbonyl (C=O) groups is 1. The zero-order valence-corrected chi connectivity index (χ0v) is 16.4. The normalized spacial score (nSPS) is 13.4. The highest BCUT2D eigenvalue weighted by Gasteiger charge is 2.24. The zero-order valence-electron chi connectivity index (χ0n) is 16.4. The summed E-state index contributed by atoms with van der Waals surface area (Å²) in [6.07, 6.45) is 10.6. The molecule has 1 aromatic rings. The van der Waals surface area contributed by atoms with Crippen LogP contribution in [-0.2, 0) is 14.9 Å². The number of benzene rings is 1. The predicted octanol–water partition coefficient (Wildman–Crippen LogP) is 5.25. The monoisotopic (exact) mass is 360 g/mol. The van der Waals surface area contributed by atoms with Gasteiger partial charge in [-0.25, -0.2) is 4.79 Å². The second-order valence-corrected chi connectivity index (χ2v) is 7.42. The van der Waals surface area contributed by atoms with Gasteiger partial charge < -0.3 is 14.9 Å². The first-order valence-electron chi connectivity index (χ1n) is 9.25. The van der Waals surface area contributed by atoms with E-state index in [9.17, 15) is 15.0 Å². The van der Waals surface area contributed by atoms with Gasteiger partial charge in [0.15, 0.2) is 0 Å². The molecule has 0 aliphatic rings. The van der Waals surface area contributed by atoms with Gasteiger partial charge in [0, 0.05) is 12.1 Å². The van der Waals surface area contributed by atoms with Crippen LogP contribution in [0.3, 0.4) is 0 Å².